The first-order chi connectivity index (χ1) is 36.7. The third-order valence-electron chi connectivity index (χ3n) is 12.6. The second kappa shape index (κ2) is 20.9. The number of nitrogens with one attached hydrogen (secondary N) is 3. The van der Waals surface area contributed by atoms with Crippen molar-refractivity contribution in [2.75, 3.05) is 16.0 Å². The summed E-state index contributed by atoms with van der Waals surface area (Å²) in [6.07, 6.45) is 1.13. The number of amides is 3. The van der Waals surface area contributed by atoms with E-state index in [1.165, 1.54) is 44.0 Å². The predicted octanol–water partition coefficient (Wildman–Crippen LogP) is 8.84. The first-order valence-corrected chi connectivity index (χ1v) is 24.6. The van der Waals surface area contributed by atoms with E-state index in [4.69, 9.17) is 0 Å². The molecule has 20 heteroatoms. The van der Waals surface area contributed by atoms with Crippen molar-refractivity contribution < 1.29 is 39.2 Å². The minimum atomic E-state index is -1.12. The van der Waals surface area contributed by atoms with Gasteiger partial charge in [0.1, 0.15) is 51.4 Å². The average molecular weight is 1040 g/mol. The van der Waals surface area contributed by atoms with Crippen molar-refractivity contribution in [2.45, 2.75) is 61.2 Å². The molecule has 0 unspecified atom stereocenters. The van der Waals surface area contributed by atoms with E-state index < -0.39 is 85.7 Å². The highest BCUT2D eigenvalue weighted by molar-refractivity contribution is 6.11. The van der Waals surface area contributed by atoms with Gasteiger partial charge in [-0.25, -0.2) is 19.3 Å². The van der Waals surface area contributed by atoms with Crippen LogP contribution in [0.15, 0.2) is 124 Å². The van der Waals surface area contributed by atoms with Gasteiger partial charge in [0, 0.05) is 59.2 Å². The summed E-state index contributed by atoms with van der Waals surface area (Å²) >= 11 is 0. The number of halogens is 1. The molecule has 392 valence electrons. The first kappa shape index (κ1) is 52.2. The van der Waals surface area contributed by atoms with E-state index in [2.05, 4.69) is 30.9 Å². The first-order valence-electron chi connectivity index (χ1n) is 24.6. The van der Waals surface area contributed by atoms with Crippen molar-refractivity contribution in [3.8, 4) is 45.5 Å². The van der Waals surface area contributed by atoms with Crippen LogP contribution < -0.4 is 32.6 Å². The highest BCUT2D eigenvalue weighted by Gasteiger charge is 2.28. The highest BCUT2D eigenvalue weighted by Crippen LogP contribution is 2.36. The van der Waals surface area contributed by atoms with Gasteiger partial charge in [0.15, 0.2) is 11.6 Å². The van der Waals surface area contributed by atoms with E-state index in [1.54, 1.807) is 60.7 Å². The fourth-order valence-electron chi connectivity index (χ4n) is 9.21. The maximum Gasteiger partial charge on any atom is 0.267 e. The molecule has 3 amide bonds. The number of aromatic hydroxyl groups is 4. The van der Waals surface area contributed by atoms with Crippen LogP contribution in [0.5, 0.6) is 23.0 Å². The molecule has 0 spiro atoms. The Hall–Kier alpha value is -9.72. The molecule has 9 rings (SSSR count). The van der Waals surface area contributed by atoms with Crippen LogP contribution in [0, 0.1) is 23.6 Å². The number of carbonyl (C=O) groups is 3. The van der Waals surface area contributed by atoms with Crippen molar-refractivity contribution in [2.24, 2.45) is 17.8 Å². The lowest BCUT2D eigenvalue weighted by Crippen LogP contribution is -2.31. The molecule has 0 aliphatic rings. The summed E-state index contributed by atoms with van der Waals surface area (Å²) < 4.78 is 18.1. The number of aromatic nitrogens is 6. The van der Waals surface area contributed by atoms with Crippen molar-refractivity contribution in [3.05, 3.63) is 163 Å². The summed E-state index contributed by atoms with van der Waals surface area (Å²) in [5.74, 6) is -6.84. The fraction of sp³-hybridized carbons (Fsp3) is 0.211. The summed E-state index contributed by atoms with van der Waals surface area (Å²) in [5.41, 5.74) is -1.95. The maximum absolute atomic E-state index is 14.3. The molecule has 0 atom stereocenters. The number of rotatable bonds is 14. The smallest absolute Gasteiger partial charge is 0.267 e. The van der Waals surface area contributed by atoms with Crippen LogP contribution in [-0.2, 0) is 19.6 Å². The standard InChI is InChI=1S/C57H52FN9O10/c1-28(2)25-65-39-12-8-7-10-34(39)48(69)45(55(65)75)52(72)62-43-13-9-11-37(60-43)31-14-17-40-35(22-31)50(71)47(57(77)67(40)27-30(5)6)54(74)64-51-42(68)19-16-38(61-51)32-15-18-41-36(23-32)49(70)46(56(76)66(41)26-29(3)4)53(73)63-44-24-33(58)20-21-59-44/h7-24,28-30,68-71H,25-27H2,1-6H3,(H,59,63,73)(H,60,62,72)(H,61,64,74). The molecule has 0 aliphatic heterocycles. The summed E-state index contributed by atoms with van der Waals surface area (Å²) in [6.45, 7) is 11.9. The van der Waals surface area contributed by atoms with E-state index in [9.17, 15) is 53.6 Å². The number of anilines is 3. The van der Waals surface area contributed by atoms with Crippen LogP contribution >= 0.6 is 0 Å². The Morgan fingerprint density at radius 3 is 1.49 bits per heavy atom. The van der Waals surface area contributed by atoms with Crippen LogP contribution in [-0.4, -0.2) is 66.8 Å². The zero-order valence-electron chi connectivity index (χ0n) is 42.5. The number of carbonyl (C=O) groups excluding carboxylic acids is 3. The Kier molecular flexibility index (Phi) is 14.1. The molecular weight excluding hydrogens is 990 g/mol. The van der Waals surface area contributed by atoms with E-state index in [0.29, 0.717) is 28.6 Å². The Morgan fingerprint density at radius 1 is 0.506 bits per heavy atom. The van der Waals surface area contributed by atoms with Crippen molar-refractivity contribution in [3.63, 3.8) is 0 Å². The molecule has 0 fully saturated rings. The lowest BCUT2D eigenvalue weighted by molar-refractivity contribution is 0.101. The Morgan fingerprint density at radius 2 is 0.974 bits per heavy atom. The number of para-hydroxylation sites is 1. The van der Waals surface area contributed by atoms with Gasteiger partial charge in [-0.1, -0.05) is 71.9 Å². The largest absolute Gasteiger partial charge is 0.506 e. The summed E-state index contributed by atoms with van der Waals surface area (Å²) in [7, 11) is 0. The fourth-order valence-corrected chi connectivity index (χ4v) is 9.21. The molecule has 77 heavy (non-hydrogen) atoms. The average Bonchev–Trinajstić information content (AvgIpc) is 3.40. The van der Waals surface area contributed by atoms with Gasteiger partial charge in [-0.2, -0.15) is 0 Å². The number of fused-ring (bicyclic) bond motifs is 3. The molecule has 19 nitrogen and oxygen atoms in total. The molecule has 9 aromatic rings. The van der Waals surface area contributed by atoms with Gasteiger partial charge in [0.25, 0.3) is 34.4 Å². The Bertz CT molecular complexity index is 4090. The topological polar surface area (TPSA) is 273 Å². The summed E-state index contributed by atoms with van der Waals surface area (Å²) in [4.78, 5) is 96.5. The zero-order chi connectivity index (χ0) is 55.1. The third-order valence-corrected chi connectivity index (χ3v) is 12.6. The molecule has 6 aromatic heterocycles. The number of nitrogens with zero attached hydrogens (tertiary/aromatic N) is 6. The lowest BCUT2D eigenvalue weighted by atomic mass is 10.0. The lowest BCUT2D eigenvalue weighted by Gasteiger charge is -2.18. The number of hydrogen-bond donors (Lipinski definition) is 7. The molecule has 7 N–H and O–H groups in total. The number of hydrogen-bond acceptors (Lipinski definition) is 13. The van der Waals surface area contributed by atoms with Gasteiger partial charge in [-0.15, -0.1) is 0 Å². The number of pyridine rings is 6. The van der Waals surface area contributed by atoms with Gasteiger partial charge in [-0.05, 0) is 84.5 Å². The van der Waals surface area contributed by atoms with Gasteiger partial charge in [0.2, 0.25) is 0 Å². The normalized spacial score (nSPS) is 11.6. The van der Waals surface area contributed by atoms with Crippen molar-refractivity contribution >= 4 is 67.9 Å². The molecule has 0 aliphatic carbocycles. The van der Waals surface area contributed by atoms with Crippen LogP contribution in [0.2, 0.25) is 0 Å². The predicted molar refractivity (Wildman–Crippen MR) is 290 cm³/mol. The summed E-state index contributed by atoms with van der Waals surface area (Å²) in [5, 5.41) is 53.7. The SMILES string of the molecule is CC(C)Cn1c(=O)c(C(=O)Nc2cc(F)ccn2)c(O)c2cc(-c3ccc(O)c(NC(=O)c4c(O)c5cc(-c6cccc(NC(=O)c7c(O)c8ccccc8n(CC(C)C)c7=O)n6)ccc5n(CC(C)C)c4=O)n3)ccc21. The van der Waals surface area contributed by atoms with Gasteiger partial charge in [0.05, 0.1) is 27.9 Å². The van der Waals surface area contributed by atoms with Gasteiger partial charge >= 0.3 is 0 Å². The minimum absolute atomic E-state index is 0.0259. The molecule has 0 radical (unpaired) electrons. The van der Waals surface area contributed by atoms with Crippen LogP contribution in [0.4, 0.5) is 21.8 Å². The van der Waals surface area contributed by atoms with Gasteiger partial charge < -0.3 is 50.1 Å². The second-order valence-corrected chi connectivity index (χ2v) is 19.8. The number of benzene rings is 3. The summed E-state index contributed by atoms with van der Waals surface area (Å²) in [6, 6.07) is 25.5. The quantitative estimate of drug-likeness (QED) is 0.0537. The zero-order valence-corrected chi connectivity index (χ0v) is 42.5. The Balaban J connectivity index is 1.05. The molecular formula is C57H52FN9O10. The third kappa shape index (κ3) is 10.1. The monoisotopic (exact) mass is 1040 g/mol. The van der Waals surface area contributed by atoms with Crippen LogP contribution in [0.3, 0.4) is 0 Å². The molecule has 0 bridgehead atoms. The van der Waals surface area contributed by atoms with Crippen LogP contribution in [0.25, 0.3) is 55.2 Å². The van der Waals surface area contributed by atoms with E-state index in [0.717, 1.165) is 18.3 Å². The van der Waals surface area contributed by atoms with Gasteiger partial charge in [-0.3, -0.25) is 28.8 Å². The minimum Gasteiger partial charge on any atom is -0.506 e. The maximum atomic E-state index is 14.3. The Labute approximate surface area is 437 Å². The van der Waals surface area contributed by atoms with Crippen molar-refractivity contribution in [1.82, 2.24) is 28.7 Å². The molecule has 3 aromatic carbocycles. The van der Waals surface area contributed by atoms with Crippen molar-refractivity contribution in [1.29, 1.82) is 0 Å². The molecule has 0 saturated heterocycles. The van der Waals surface area contributed by atoms with E-state index >= 15 is 0 Å². The second-order valence-electron chi connectivity index (χ2n) is 19.8. The highest BCUT2D eigenvalue weighted by atomic mass is 19.1. The van der Waals surface area contributed by atoms with E-state index in [1.807, 2.05) is 41.5 Å². The van der Waals surface area contributed by atoms with E-state index in [-0.39, 0.29) is 75.7 Å². The molecule has 6 heterocycles. The van der Waals surface area contributed by atoms with Crippen LogP contribution in [0.1, 0.15) is 72.6 Å². The molecule has 0 saturated carbocycles.